The predicted molar refractivity (Wildman–Crippen MR) is 177 cm³/mol. The Morgan fingerprint density at radius 3 is 1.25 bits per heavy atom. The minimum atomic E-state index is -0.225. The molecule has 5 nitrogen and oxygen atoms in total. The van der Waals surface area contributed by atoms with Gasteiger partial charge in [0.25, 0.3) is 0 Å². The summed E-state index contributed by atoms with van der Waals surface area (Å²) in [5.41, 5.74) is 2.60. The number of anilines is 2. The Kier molecular flexibility index (Phi) is 10.1. The maximum absolute atomic E-state index is 11.2. The van der Waals surface area contributed by atoms with Crippen molar-refractivity contribution in [1.29, 1.82) is 0 Å². The highest BCUT2D eigenvalue weighted by atomic mass is 32.2. The summed E-state index contributed by atoms with van der Waals surface area (Å²) in [4.78, 5) is 14.8. The van der Waals surface area contributed by atoms with Gasteiger partial charge in [0.1, 0.15) is 5.75 Å². The Bertz CT molecular complexity index is 1090. The van der Waals surface area contributed by atoms with Crippen LogP contribution in [0.4, 0.5) is 11.6 Å². The fraction of sp³-hybridized carbons (Fsp3) is 0.727. The smallest absolute Gasteiger partial charge is 0.232 e. The quantitative estimate of drug-likeness (QED) is 0.235. The van der Waals surface area contributed by atoms with Gasteiger partial charge in [0.15, 0.2) is 10.3 Å². The maximum Gasteiger partial charge on any atom is 0.232 e. The maximum atomic E-state index is 11.2. The summed E-state index contributed by atoms with van der Waals surface area (Å²) in [5.74, 6) is 0.894. The highest BCUT2D eigenvalue weighted by molar-refractivity contribution is 8.01. The molecule has 1 aromatic heterocycles. The highest BCUT2D eigenvalue weighted by Crippen LogP contribution is 2.44. The standard InChI is InChI=1S/C33H56N4OS2/c1-28(2,3)19-32(13,14)39-26-35-25(36-27(37-26)40-33(15,16)20-29(4,5)6)34-21-17-22(30(7,8)9)24(38)23(18-21)31(10,11)12/h17-18,38H,19-20H2,1-16H3,(H,34,35,36,37). The molecule has 226 valence electrons. The monoisotopic (exact) mass is 588 g/mol. The predicted octanol–water partition coefficient (Wildman–Crippen LogP) is 10.5. The van der Waals surface area contributed by atoms with E-state index >= 15 is 0 Å². The van der Waals surface area contributed by atoms with Gasteiger partial charge in [0.05, 0.1) is 0 Å². The molecule has 2 N–H and O–H groups in total. The minimum absolute atomic E-state index is 0.0446. The Balaban J connectivity index is 2.62. The van der Waals surface area contributed by atoms with Crippen LogP contribution < -0.4 is 5.32 Å². The van der Waals surface area contributed by atoms with E-state index in [4.69, 9.17) is 15.0 Å². The molecule has 0 aliphatic heterocycles. The van der Waals surface area contributed by atoms with E-state index in [1.54, 1.807) is 23.5 Å². The Labute approximate surface area is 253 Å². The SMILES string of the molecule is CC(C)(C)CC(C)(C)Sc1nc(Nc2cc(C(C)(C)C)c(O)c(C(C)(C)C)c2)nc(SC(C)(C)CC(C)(C)C)n1. The molecule has 0 radical (unpaired) electrons. The summed E-state index contributed by atoms with van der Waals surface area (Å²) in [6, 6.07) is 4.06. The average molecular weight is 589 g/mol. The summed E-state index contributed by atoms with van der Waals surface area (Å²) < 4.78 is -0.0891. The molecule has 0 fully saturated rings. The second-order valence-electron chi connectivity index (χ2n) is 17.0. The molecular formula is C33H56N4OS2. The van der Waals surface area contributed by atoms with E-state index in [9.17, 15) is 5.11 Å². The summed E-state index contributed by atoms with van der Waals surface area (Å²) in [5, 5.41) is 16.2. The Hall–Kier alpha value is -1.47. The number of hydrogen-bond donors (Lipinski definition) is 2. The minimum Gasteiger partial charge on any atom is -0.507 e. The molecule has 0 aliphatic rings. The number of benzene rings is 1. The lowest BCUT2D eigenvalue weighted by Gasteiger charge is -2.32. The number of rotatable bonds is 8. The normalized spacial score (nSPS) is 14.0. The fourth-order valence-corrected chi connectivity index (χ4v) is 8.17. The molecule has 40 heavy (non-hydrogen) atoms. The van der Waals surface area contributed by atoms with Gasteiger partial charge in [0.2, 0.25) is 5.95 Å². The number of hydrogen-bond acceptors (Lipinski definition) is 7. The first-order valence-corrected chi connectivity index (χ1v) is 16.1. The molecule has 0 saturated heterocycles. The van der Waals surface area contributed by atoms with Gasteiger partial charge in [-0.15, -0.1) is 0 Å². The number of nitrogens with zero attached hydrogens (tertiary/aromatic N) is 3. The van der Waals surface area contributed by atoms with Crippen LogP contribution >= 0.6 is 23.5 Å². The molecule has 0 spiro atoms. The fourth-order valence-electron chi connectivity index (χ4n) is 5.59. The van der Waals surface area contributed by atoms with Gasteiger partial charge < -0.3 is 10.4 Å². The molecule has 1 aromatic carbocycles. The summed E-state index contributed by atoms with van der Waals surface area (Å²) in [6.07, 6.45) is 2.05. The van der Waals surface area contributed by atoms with E-state index in [1.807, 2.05) is 12.1 Å². The summed E-state index contributed by atoms with van der Waals surface area (Å²) in [6.45, 7) is 35.5. The zero-order chi connectivity index (χ0) is 31.1. The molecule has 0 unspecified atom stereocenters. The van der Waals surface area contributed by atoms with E-state index < -0.39 is 0 Å². The molecule has 1 heterocycles. The van der Waals surface area contributed by atoms with Gasteiger partial charge in [0, 0.05) is 26.3 Å². The third kappa shape index (κ3) is 11.1. The molecule has 2 rings (SSSR count). The van der Waals surface area contributed by atoms with Gasteiger partial charge in [-0.2, -0.15) is 15.0 Å². The zero-order valence-electron chi connectivity index (χ0n) is 28.2. The molecule has 0 aliphatic carbocycles. The van der Waals surface area contributed by atoms with E-state index in [2.05, 4.69) is 116 Å². The number of nitrogens with one attached hydrogen (secondary N) is 1. The number of phenols is 1. The second-order valence-corrected chi connectivity index (χ2v) is 20.3. The first-order valence-electron chi connectivity index (χ1n) is 14.5. The third-order valence-electron chi connectivity index (χ3n) is 6.22. The van der Waals surface area contributed by atoms with Gasteiger partial charge in [-0.25, -0.2) is 0 Å². The van der Waals surface area contributed by atoms with Crippen molar-refractivity contribution >= 4 is 35.2 Å². The van der Waals surface area contributed by atoms with Crippen LogP contribution in [0.25, 0.3) is 0 Å². The van der Waals surface area contributed by atoms with Crippen molar-refractivity contribution in [2.24, 2.45) is 10.8 Å². The Morgan fingerprint density at radius 2 is 0.950 bits per heavy atom. The van der Waals surface area contributed by atoms with Crippen molar-refractivity contribution in [3.8, 4) is 5.75 Å². The van der Waals surface area contributed by atoms with Crippen molar-refractivity contribution in [2.45, 2.75) is 154 Å². The molecule has 2 aromatic rings. The van der Waals surface area contributed by atoms with Crippen molar-refractivity contribution in [3.63, 3.8) is 0 Å². The van der Waals surface area contributed by atoms with E-state index in [1.165, 1.54) is 0 Å². The number of phenolic OH excluding ortho intramolecular Hbond substituents is 1. The second kappa shape index (κ2) is 11.7. The van der Waals surface area contributed by atoms with Gasteiger partial charge in [-0.3, -0.25) is 0 Å². The number of aromatic nitrogens is 3. The lowest BCUT2D eigenvalue weighted by atomic mass is 9.79. The van der Waals surface area contributed by atoms with Crippen LogP contribution in [-0.2, 0) is 10.8 Å². The first kappa shape index (κ1) is 34.7. The lowest BCUT2D eigenvalue weighted by Crippen LogP contribution is -2.25. The van der Waals surface area contributed by atoms with Crippen LogP contribution in [0.5, 0.6) is 5.75 Å². The molecule has 0 bridgehead atoms. The highest BCUT2D eigenvalue weighted by Gasteiger charge is 2.31. The first-order chi connectivity index (χ1) is 17.7. The van der Waals surface area contributed by atoms with E-state index in [0.29, 0.717) is 11.7 Å². The van der Waals surface area contributed by atoms with Crippen LogP contribution in [0.2, 0.25) is 0 Å². The Morgan fingerprint density at radius 1 is 0.600 bits per heavy atom. The molecule has 7 heteroatoms. The van der Waals surface area contributed by atoms with E-state index in [-0.39, 0.29) is 31.2 Å². The molecule has 0 amide bonds. The summed E-state index contributed by atoms with van der Waals surface area (Å²) in [7, 11) is 0. The van der Waals surface area contributed by atoms with Gasteiger partial charge >= 0.3 is 0 Å². The topological polar surface area (TPSA) is 70.9 Å². The zero-order valence-corrected chi connectivity index (χ0v) is 29.8. The van der Waals surface area contributed by atoms with Crippen molar-refractivity contribution in [2.75, 3.05) is 5.32 Å². The van der Waals surface area contributed by atoms with Crippen LogP contribution in [0, 0.1) is 10.8 Å². The van der Waals surface area contributed by atoms with Crippen LogP contribution in [-0.4, -0.2) is 29.6 Å². The third-order valence-corrected chi connectivity index (χ3v) is 8.35. The summed E-state index contributed by atoms with van der Waals surface area (Å²) >= 11 is 3.43. The van der Waals surface area contributed by atoms with Crippen LogP contribution in [0.3, 0.4) is 0 Å². The lowest BCUT2D eigenvalue weighted by molar-refractivity contribution is 0.339. The van der Waals surface area contributed by atoms with Crippen molar-refractivity contribution in [3.05, 3.63) is 23.3 Å². The largest absolute Gasteiger partial charge is 0.507 e. The van der Waals surface area contributed by atoms with Crippen molar-refractivity contribution in [1.82, 2.24) is 15.0 Å². The van der Waals surface area contributed by atoms with Crippen molar-refractivity contribution < 1.29 is 5.11 Å². The van der Waals surface area contributed by atoms with Gasteiger partial charge in [-0.1, -0.05) is 134 Å². The molecular weight excluding hydrogens is 533 g/mol. The number of thioether (sulfide) groups is 2. The van der Waals surface area contributed by atoms with Crippen LogP contribution in [0.15, 0.2) is 22.4 Å². The van der Waals surface area contributed by atoms with Gasteiger partial charge in [-0.05, 0) is 46.6 Å². The molecule has 0 saturated carbocycles. The van der Waals surface area contributed by atoms with E-state index in [0.717, 1.165) is 40.0 Å². The van der Waals surface area contributed by atoms with Crippen LogP contribution in [0.1, 0.15) is 135 Å². The average Bonchev–Trinajstić information content (AvgIpc) is 2.62. The number of aromatic hydroxyl groups is 1. The molecule has 0 atom stereocenters.